The Balaban J connectivity index is 0.00000400. The Morgan fingerprint density at radius 1 is 1.29 bits per heavy atom. The van der Waals surface area contributed by atoms with Crippen LogP contribution in [0.2, 0.25) is 0 Å². The molecule has 0 amide bonds. The predicted molar refractivity (Wildman–Crippen MR) is 101 cm³/mol. The van der Waals surface area contributed by atoms with Gasteiger partial charge in [0.15, 0.2) is 5.96 Å². The van der Waals surface area contributed by atoms with Crippen molar-refractivity contribution < 1.29 is 4.74 Å². The van der Waals surface area contributed by atoms with Crippen molar-refractivity contribution in [3.05, 3.63) is 29.8 Å². The van der Waals surface area contributed by atoms with Crippen LogP contribution >= 0.6 is 24.0 Å². The third-order valence-corrected chi connectivity index (χ3v) is 3.29. The van der Waals surface area contributed by atoms with Gasteiger partial charge in [-0.15, -0.1) is 24.0 Å². The number of aliphatic imine (C=N–C) groups is 1. The molecule has 1 unspecified atom stereocenters. The van der Waals surface area contributed by atoms with E-state index in [-0.39, 0.29) is 30.1 Å². The molecule has 4 nitrogen and oxygen atoms in total. The van der Waals surface area contributed by atoms with E-state index in [1.54, 1.807) is 0 Å². The first-order valence-electron chi connectivity index (χ1n) is 7.38. The lowest BCUT2D eigenvalue weighted by atomic mass is 10.2. The SMILES string of the molecule is CCC(CN=C(N)N(CC)CC)Oc1cccc(C)c1.I. The number of nitrogens with zero attached hydrogens (tertiary/aromatic N) is 2. The molecule has 0 aliphatic heterocycles. The normalized spacial score (nSPS) is 12.5. The zero-order valence-electron chi connectivity index (χ0n) is 13.5. The number of aryl methyl sites for hydroxylation is 1. The van der Waals surface area contributed by atoms with Crippen molar-refractivity contribution >= 4 is 29.9 Å². The lowest BCUT2D eigenvalue weighted by molar-refractivity contribution is 0.205. The Morgan fingerprint density at radius 3 is 2.48 bits per heavy atom. The van der Waals surface area contributed by atoms with E-state index in [9.17, 15) is 0 Å². The molecule has 0 aliphatic rings. The Bertz CT molecular complexity index is 433. The molecule has 1 rings (SSSR count). The topological polar surface area (TPSA) is 50.8 Å². The Morgan fingerprint density at radius 2 is 1.95 bits per heavy atom. The van der Waals surface area contributed by atoms with Gasteiger partial charge in [-0.25, -0.2) is 4.99 Å². The van der Waals surface area contributed by atoms with Crippen molar-refractivity contribution in [3.8, 4) is 5.75 Å². The van der Waals surface area contributed by atoms with Crippen LogP contribution in [0.3, 0.4) is 0 Å². The predicted octanol–water partition coefficient (Wildman–Crippen LogP) is 3.43. The van der Waals surface area contributed by atoms with Gasteiger partial charge in [0, 0.05) is 13.1 Å². The third kappa shape index (κ3) is 7.02. The van der Waals surface area contributed by atoms with E-state index < -0.39 is 0 Å². The number of halogens is 1. The summed E-state index contributed by atoms with van der Waals surface area (Å²) in [4.78, 5) is 6.49. The summed E-state index contributed by atoms with van der Waals surface area (Å²) in [5.74, 6) is 1.50. The maximum atomic E-state index is 5.98. The van der Waals surface area contributed by atoms with E-state index in [4.69, 9.17) is 10.5 Å². The highest BCUT2D eigenvalue weighted by Crippen LogP contribution is 2.15. The highest BCUT2D eigenvalue weighted by Gasteiger charge is 2.09. The van der Waals surface area contributed by atoms with Crippen molar-refractivity contribution in [1.29, 1.82) is 0 Å². The Labute approximate surface area is 145 Å². The van der Waals surface area contributed by atoms with Gasteiger partial charge in [0.05, 0.1) is 6.54 Å². The summed E-state index contributed by atoms with van der Waals surface area (Å²) in [5.41, 5.74) is 7.18. The molecule has 5 heteroatoms. The first-order chi connectivity index (χ1) is 9.60. The minimum atomic E-state index is 0. The fourth-order valence-corrected chi connectivity index (χ4v) is 1.97. The van der Waals surface area contributed by atoms with Gasteiger partial charge in [-0.05, 0) is 44.9 Å². The first kappa shape index (κ1) is 20.0. The van der Waals surface area contributed by atoms with Crippen molar-refractivity contribution in [1.82, 2.24) is 4.90 Å². The maximum absolute atomic E-state index is 5.98. The van der Waals surface area contributed by atoms with Crippen LogP contribution in [-0.2, 0) is 0 Å². The molecule has 0 radical (unpaired) electrons. The minimum Gasteiger partial charge on any atom is -0.489 e. The summed E-state index contributed by atoms with van der Waals surface area (Å²) >= 11 is 0. The molecule has 0 aliphatic carbocycles. The van der Waals surface area contributed by atoms with Crippen LogP contribution in [0, 0.1) is 6.92 Å². The number of benzene rings is 1. The summed E-state index contributed by atoms with van der Waals surface area (Å²) in [6.45, 7) is 10.7. The summed E-state index contributed by atoms with van der Waals surface area (Å²) in [6, 6.07) is 8.09. The van der Waals surface area contributed by atoms with E-state index >= 15 is 0 Å². The molecular weight excluding hydrogens is 377 g/mol. The molecule has 0 bridgehead atoms. The van der Waals surface area contributed by atoms with Crippen LogP contribution in [0.4, 0.5) is 0 Å². The van der Waals surface area contributed by atoms with Gasteiger partial charge in [0.2, 0.25) is 0 Å². The molecule has 0 heterocycles. The van der Waals surface area contributed by atoms with Gasteiger partial charge in [-0.2, -0.15) is 0 Å². The van der Waals surface area contributed by atoms with Crippen molar-refractivity contribution in [2.75, 3.05) is 19.6 Å². The van der Waals surface area contributed by atoms with Gasteiger partial charge in [-0.1, -0.05) is 19.1 Å². The molecule has 1 aromatic rings. The van der Waals surface area contributed by atoms with E-state index in [1.165, 1.54) is 5.56 Å². The number of rotatable bonds is 7. The van der Waals surface area contributed by atoms with E-state index in [2.05, 4.69) is 38.8 Å². The second-order valence-electron chi connectivity index (χ2n) is 4.84. The smallest absolute Gasteiger partial charge is 0.191 e. The molecule has 1 aromatic carbocycles. The Kier molecular flexibility index (Phi) is 10.2. The Hall–Kier alpha value is -0.980. The number of guanidine groups is 1. The summed E-state index contributed by atoms with van der Waals surface area (Å²) in [5, 5.41) is 0. The summed E-state index contributed by atoms with van der Waals surface area (Å²) in [6.07, 6.45) is 0.967. The fraction of sp³-hybridized carbons (Fsp3) is 0.562. The van der Waals surface area contributed by atoms with Gasteiger partial charge in [0.25, 0.3) is 0 Å². The average molecular weight is 405 g/mol. The minimum absolute atomic E-state index is 0. The molecule has 0 saturated carbocycles. The number of ether oxygens (including phenoxy) is 1. The van der Waals surface area contributed by atoms with E-state index in [0.717, 1.165) is 25.3 Å². The van der Waals surface area contributed by atoms with Crippen LogP contribution in [0.5, 0.6) is 5.75 Å². The fourth-order valence-electron chi connectivity index (χ4n) is 1.97. The number of hydrogen-bond acceptors (Lipinski definition) is 2. The lowest BCUT2D eigenvalue weighted by Gasteiger charge is -2.21. The molecule has 1 atom stereocenters. The van der Waals surface area contributed by atoms with Crippen LogP contribution in [0.15, 0.2) is 29.3 Å². The van der Waals surface area contributed by atoms with Gasteiger partial charge >= 0.3 is 0 Å². The lowest BCUT2D eigenvalue weighted by Crippen LogP contribution is -2.38. The van der Waals surface area contributed by atoms with Gasteiger partial charge in [0.1, 0.15) is 11.9 Å². The number of hydrogen-bond donors (Lipinski definition) is 1. The second-order valence-corrected chi connectivity index (χ2v) is 4.84. The molecule has 0 fully saturated rings. The van der Waals surface area contributed by atoms with Crippen LogP contribution in [0.1, 0.15) is 32.8 Å². The molecule has 21 heavy (non-hydrogen) atoms. The molecule has 0 saturated heterocycles. The standard InChI is InChI=1S/C16H27N3O.HI/c1-5-14(12-18-16(17)19(6-2)7-3)20-15-10-8-9-13(4)11-15;/h8-11,14H,5-7,12H2,1-4H3,(H2,17,18);1H. The van der Waals surface area contributed by atoms with E-state index in [0.29, 0.717) is 12.5 Å². The average Bonchev–Trinajstić information content (AvgIpc) is 2.44. The maximum Gasteiger partial charge on any atom is 0.191 e. The molecular formula is C16H28IN3O. The van der Waals surface area contributed by atoms with Gasteiger partial charge < -0.3 is 15.4 Å². The molecule has 0 aromatic heterocycles. The molecule has 0 spiro atoms. The number of nitrogens with two attached hydrogens (primary N) is 1. The van der Waals surface area contributed by atoms with Crippen LogP contribution in [0.25, 0.3) is 0 Å². The van der Waals surface area contributed by atoms with Gasteiger partial charge in [-0.3, -0.25) is 0 Å². The molecule has 2 N–H and O–H groups in total. The first-order valence-corrected chi connectivity index (χ1v) is 7.38. The highest BCUT2D eigenvalue weighted by molar-refractivity contribution is 14.0. The van der Waals surface area contributed by atoms with Crippen molar-refractivity contribution in [3.63, 3.8) is 0 Å². The molecule has 120 valence electrons. The van der Waals surface area contributed by atoms with Crippen LogP contribution in [-0.4, -0.2) is 36.6 Å². The van der Waals surface area contributed by atoms with Crippen molar-refractivity contribution in [2.45, 2.75) is 40.2 Å². The summed E-state index contributed by atoms with van der Waals surface area (Å²) in [7, 11) is 0. The van der Waals surface area contributed by atoms with Crippen molar-refractivity contribution in [2.24, 2.45) is 10.7 Å². The zero-order chi connectivity index (χ0) is 15.0. The monoisotopic (exact) mass is 405 g/mol. The van der Waals surface area contributed by atoms with Crippen LogP contribution < -0.4 is 10.5 Å². The largest absolute Gasteiger partial charge is 0.489 e. The summed E-state index contributed by atoms with van der Waals surface area (Å²) < 4.78 is 5.96. The quantitative estimate of drug-likeness (QED) is 0.430. The van der Waals surface area contributed by atoms with E-state index in [1.807, 2.05) is 23.1 Å². The second kappa shape index (κ2) is 10.7. The zero-order valence-corrected chi connectivity index (χ0v) is 15.8. The highest BCUT2D eigenvalue weighted by atomic mass is 127. The third-order valence-electron chi connectivity index (χ3n) is 3.29.